The highest BCUT2D eigenvalue weighted by molar-refractivity contribution is 4.75. The zero-order valence-electron chi connectivity index (χ0n) is 10.5. The van der Waals surface area contributed by atoms with E-state index in [1.165, 1.54) is 19.3 Å². The number of methoxy groups -OCH3 is 1. The third-order valence-electron chi connectivity index (χ3n) is 2.62. The molecule has 0 spiro atoms. The van der Waals surface area contributed by atoms with E-state index in [4.69, 9.17) is 4.74 Å². The molecule has 0 radical (unpaired) electrons. The molecule has 0 aliphatic rings. The topological polar surface area (TPSA) is 21.3 Å². The van der Waals surface area contributed by atoms with E-state index in [0.29, 0.717) is 6.04 Å². The Hall–Kier alpha value is -0.0800. The van der Waals surface area contributed by atoms with Gasteiger partial charge in [0.15, 0.2) is 0 Å². The summed E-state index contributed by atoms with van der Waals surface area (Å²) in [6, 6.07) is 0.543. The fourth-order valence-electron chi connectivity index (χ4n) is 1.62. The van der Waals surface area contributed by atoms with Gasteiger partial charge in [-0.05, 0) is 40.2 Å². The Bertz CT molecular complexity index is 134. The van der Waals surface area contributed by atoms with Crippen LogP contribution in [0.4, 0.5) is 0 Å². The second kappa shape index (κ2) is 7.24. The highest BCUT2D eigenvalue weighted by Crippen LogP contribution is 2.15. The minimum Gasteiger partial charge on any atom is -0.379 e. The molecular weight excluding hydrogens is 174 g/mol. The summed E-state index contributed by atoms with van der Waals surface area (Å²) in [5.41, 5.74) is -0.00280. The summed E-state index contributed by atoms with van der Waals surface area (Å²) in [7, 11) is 1.78. The van der Waals surface area contributed by atoms with Crippen LogP contribution in [-0.2, 0) is 4.74 Å². The second-order valence-electron chi connectivity index (χ2n) is 4.73. The van der Waals surface area contributed by atoms with Gasteiger partial charge in [0.25, 0.3) is 0 Å². The quantitative estimate of drug-likeness (QED) is 0.610. The molecular formula is C12H27NO. The number of nitrogens with one attached hydrogen (secondary N) is 1. The predicted octanol–water partition coefficient (Wildman–Crippen LogP) is 2.97. The fourth-order valence-corrected chi connectivity index (χ4v) is 1.62. The maximum Gasteiger partial charge on any atom is 0.0637 e. The van der Waals surface area contributed by atoms with Crippen molar-refractivity contribution in [2.24, 2.45) is 0 Å². The van der Waals surface area contributed by atoms with Crippen molar-refractivity contribution in [3.63, 3.8) is 0 Å². The summed E-state index contributed by atoms with van der Waals surface area (Å²) in [4.78, 5) is 0. The molecule has 2 nitrogen and oxygen atoms in total. The van der Waals surface area contributed by atoms with Crippen molar-refractivity contribution >= 4 is 0 Å². The van der Waals surface area contributed by atoms with Crippen LogP contribution in [0.25, 0.3) is 0 Å². The van der Waals surface area contributed by atoms with Crippen LogP contribution in [0.5, 0.6) is 0 Å². The van der Waals surface area contributed by atoms with Gasteiger partial charge in [-0.2, -0.15) is 0 Å². The van der Waals surface area contributed by atoms with E-state index >= 15 is 0 Å². The summed E-state index contributed by atoms with van der Waals surface area (Å²) in [6.45, 7) is 9.87. The monoisotopic (exact) mass is 201 g/mol. The normalized spacial score (nSPS) is 14.4. The molecule has 0 bridgehead atoms. The first kappa shape index (κ1) is 13.9. The standard InChI is InChI=1S/C12H27NO/c1-6-7-8-9-13-11(2)10-12(3,4)14-5/h11,13H,6-10H2,1-5H3/t11-/m0/s1. The highest BCUT2D eigenvalue weighted by atomic mass is 16.5. The van der Waals surface area contributed by atoms with E-state index in [9.17, 15) is 0 Å². The van der Waals surface area contributed by atoms with Crippen molar-refractivity contribution < 1.29 is 4.74 Å². The average molecular weight is 201 g/mol. The van der Waals surface area contributed by atoms with Gasteiger partial charge < -0.3 is 10.1 Å². The summed E-state index contributed by atoms with van der Waals surface area (Å²) < 4.78 is 5.40. The molecule has 0 aliphatic carbocycles. The molecule has 0 aromatic heterocycles. The summed E-state index contributed by atoms with van der Waals surface area (Å²) in [5, 5.41) is 3.53. The van der Waals surface area contributed by atoms with Crippen molar-refractivity contribution in [1.82, 2.24) is 5.32 Å². The zero-order chi connectivity index (χ0) is 11.0. The highest BCUT2D eigenvalue weighted by Gasteiger charge is 2.19. The lowest BCUT2D eigenvalue weighted by atomic mass is 10.00. The Kier molecular flexibility index (Phi) is 7.20. The van der Waals surface area contributed by atoms with E-state index in [1.54, 1.807) is 7.11 Å². The van der Waals surface area contributed by atoms with Crippen LogP contribution in [0.1, 0.15) is 53.4 Å². The zero-order valence-corrected chi connectivity index (χ0v) is 10.5. The summed E-state index contributed by atoms with van der Waals surface area (Å²) in [5.74, 6) is 0. The van der Waals surface area contributed by atoms with Gasteiger partial charge in [0, 0.05) is 13.2 Å². The molecule has 0 aromatic carbocycles. The van der Waals surface area contributed by atoms with Crippen LogP contribution in [0.2, 0.25) is 0 Å². The molecule has 0 unspecified atom stereocenters. The van der Waals surface area contributed by atoms with Gasteiger partial charge in [-0.1, -0.05) is 19.8 Å². The predicted molar refractivity (Wildman–Crippen MR) is 62.7 cm³/mol. The summed E-state index contributed by atoms with van der Waals surface area (Å²) >= 11 is 0. The fraction of sp³-hybridized carbons (Fsp3) is 1.00. The Labute approximate surface area is 89.4 Å². The van der Waals surface area contributed by atoms with E-state index in [2.05, 4.69) is 33.0 Å². The van der Waals surface area contributed by atoms with Crippen LogP contribution in [0.3, 0.4) is 0 Å². The van der Waals surface area contributed by atoms with Crippen LogP contribution < -0.4 is 5.32 Å². The van der Waals surface area contributed by atoms with Crippen LogP contribution in [0, 0.1) is 0 Å². The van der Waals surface area contributed by atoms with E-state index in [-0.39, 0.29) is 5.60 Å². The molecule has 0 aromatic rings. The van der Waals surface area contributed by atoms with Crippen molar-refractivity contribution in [2.45, 2.75) is 65.0 Å². The van der Waals surface area contributed by atoms with Gasteiger partial charge in [-0.25, -0.2) is 0 Å². The lowest BCUT2D eigenvalue weighted by molar-refractivity contribution is 0.00860. The van der Waals surface area contributed by atoms with Crippen molar-refractivity contribution in [1.29, 1.82) is 0 Å². The molecule has 2 heteroatoms. The van der Waals surface area contributed by atoms with Crippen molar-refractivity contribution in [3.05, 3.63) is 0 Å². The Morgan fingerprint density at radius 2 is 1.93 bits per heavy atom. The van der Waals surface area contributed by atoms with Gasteiger partial charge in [0.05, 0.1) is 5.60 Å². The third kappa shape index (κ3) is 7.34. The molecule has 1 atom stereocenters. The average Bonchev–Trinajstić information content (AvgIpc) is 2.12. The molecule has 0 rings (SSSR count). The van der Waals surface area contributed by atoms with E-state index < -0.39 is 0 Å². The lowest BCUT2D eigenvalue weighted by Crippen LogP contribution is -2.36. The van der Waals surface area contributed by atoms with Crippen LogP contribution in [0.15, 0.2) is 0 Å². The first-order valence-electron chi connectivity index (χ1n) is 5.80. The first-order chi connectivity index (χ1) is 6.52. The van der Waals surface area contributed by atoms with Gasteiger partial charge in [-0.15, -0.1) is 0 Å². The molecule has 1 N–H and O–H groups in total. The van der Waals surface area contributed by atoms with Gasteiger partial charge in [-0.3, -0.25) is 0 Å². The number of hydrogen-bond acceptors (Lipinski definition) is 2. The molecule has 0 heterocycles. The first-order valence-corrected chi connectivity index (χ1v) is 5.80. The van der Waals surface area contributed by atoms with Crippen molar-refractivity contribution in [3.8, 4) is 0 Å². The summed E-state index contributed by atoms with van der Waals surface area (Å²) in [6.07, 6.45) is 4.97. The van der Waals surface area contributed by atoms with Gasteiger partial charge in [0.1, 0.15) is 0 Å². The molecule has 0 aliphatic heterocycles. The van der Waals surface area contributed by atoms with Gasteiger partial charge in [0.2, 0.25) is 0 Å². The Morgan fingerprint density at radius 3 is 2.43 bits per heavy atom. The van der Waals surface area contributed by atoms with E-state index in [1.807, 2.05) is 0 Å². The number of rotatable bonds is 8. The molecule has 86 valence electrons. The Morgan fingerprint density at radius 1 is 1.29 bits per heavy atom. The number of unbranched alkanes of at least 4 members (excludes halogenated alkanes) is 2. The van der Waals surface area contributed by atoms with Crippen LogP contribution in [-0.4, -0.2) is 25.3 Å². The molecule has 0 fully saturated rings. The van der Waals surface area contributed by atoms with Gasteiger partial charge >= 0.3 is 0 Å². The smallest absolute Gasteiger partial charge is 0.0637 e. The largest absolute Gasteiger partial charge is 0.379 e. The molecule has 0 saturated heterocycles. The number of hydrogen-bond donors (Lipinski definition) is 1. The molecule has 14 heavy (non-hydrogen) atoms. The Balaban J connectivity index is 3.49. The van der Waals surface area contributed by atoms with Crippen molar-refractivity contribution in [2.75, 3.05) is 13.7 Å². The minimum absolute atomic E-state index is 0.00280. The SMILES string of the molecule is CCCCCN[C@@H](C)CC(C)(C)OC. The maximum atomic E-state index is 5.40. The second-order valence-corrected chi connectivity index (χ2v) is 4.73. The van der Waals surface area contributed by atoms with Crippen LogP contribution >= 0.6 is 0 Å². The number of ether oxygens (including phenoxy) is 1. The lowest BCUT2D eigenvalue weighted by Gasteiger charge is -2.27. The van der Waals surface area contributed by atoms with E-state index in [0.717, 1.165) is 13.0 Å². The molecule has 0 saturated carbocycles. The molecule has 0 amide bonds. The maximum absolute atomic E-state index is 5.40. The minimum atomic E-state index is -0.00280. The third-order valence-corrected chi connectivity index (χ3v) is 2.62.